The van der Waals surface area contributed by atoms with Crippen LogP contribution in [0.2, 0.25) is 10.0 Å². The summed E-state index contributed by atoms with van der Waals surface area (Å²) in [5.41, 5.74) is 3.46. The van der Waals surface area contributed by atoms with Crippen LogP contribution in [0.25, 0.3) is 0 Å². The molecule has 3 heteroatoms. The number of aryl methyl sites for hydroxylation is 1. The van der Waals surface area contributed by atoms with Gasteiger partial charge in [-0.05, 0) is 49.2 Å². The van der Waals surface area contributed by atoms with Gasteiger partial charge in [0.25, 0.3) is 0 Å². The minimum Gasteiger partial charge on any atom is -0.379 e. The summed E-state index contributed by atoms with van der Waals surface area (Å²) in [5.74, 6) is 0. The number of halogens is 2. The molecular formula is C15H15Cl2N. The molecule has 0 aliphatic rings. The Balaban J connectivity index is 2.16. The minimum absolute atomic E-state index is 0.182. The zero-order chi connectivity index (χ0) is 13.1. The van der Waals surface area contributed by atoms with Crippen molar-refractivity contribution in [2.45, 2.75) is 19.9 Å². The van der Waals surface area contributed by atoms with Crippen molar-refractivity contribution >= 4 is 28.9 Å². The summed E-state index contributed by atoms with van der Waals surface area (Å²) in [5, 5.41) is 4.62. The summed E-state index contributed by atoms with van der Waals surface area (Å²) in [6.45, 7) is 4.18. The highest BCUT2D eigenvalue weighted by molar-refractivity contribution is 6.42. The molecule has 0 saturated heterocycles. The normalized spacial score (nSPS) is 12.2. The Bertz CT molecular complexity index is 552. The Kier molecular flexibility index (Phi) is 4.15. The fourth-order valence-corrected chi connectivity index (χ4v) is 2.16. The van der Waals surface area contributed by atoms with Crippen LogP contribution in [-0.4, -0.2) is 0 Å². The second kappa shape index (κ2) is 5.64. The van der Waals surface area contributed by atoms with E-state index in [0.717, 1.165) is 11.3 Å². The van der Waals surface area contributed by atoms with Gasteiger partial charge in [-0.3, -0.25) is 0 Å². The number of hydrogen-bond acceptors (Lipinski definition) is 1. The molecule has 2 aromatic rings. The zero-order valence-electron chi connectivity index (χ0n) is 10.4. The van der Waals surface area contributed by atoms with Crippen LogP contribution in [0.5, 0.6) is 0 Å². The molecule has 0 spiro atoms. The molecule has 0 saturated carbocycles. The third-order valence-electron chi connectivity index (χ3n) is 2.84. The first-order valence-corrected chi connectivity index (χ1v) is 6.60. The number of benzene rings is 2. The fraction of sp³-hybridized carbons (Fsp3) is 0.200. The van der Waals surface area contributed by atoms with Crippen LogP contribution in [0.15, 0.2) is 42.5 Å². The van der Waals surface area contributed by atoms with Crippen molar-refractivity contribution in [3.8, 4) is 0 Å². The molecule has 0 radical (unpaired) electrons. The Labute approximate surface area is 118 Å². The van der Waals surface area contributed by atoms with E-state index in [1.54, 1.807) is 0 Å². The zero-order valence-corrected chi connectivity index (χ0v) is 11.9. The molecule has 2 rings (SSSR count). The summed E-state index contributed by atoms with van der Waals surface area (Å²) in [6.07, 6.45) is 0. The second-order valence-electron chi connectivity index (χ2n) is 4.41. The molecule has 1 nitrogen and oxygen atoms in total. The van der Waals surface area contributed by atoms with E-state index in [9.17, 15) is 0 Å². The van der Waals surface area contributed by atoms with Crippen molar-refractivity contribution in [2.24, 2.45) is 0 Å². The Hall–Kier alpha value is -1.18. The molecule has 1 atom stereocenters. The lowest BCUT2D eigenvalue weighted by Crippen LogP contribution is -2.06. The molecule has 94 valence electrons. The quantitative estimate of drug-likeness (QED) is 0.785. The summed E-state index contributed by atoms with van der Waals surface area (Å²) in [4.78, 5) is 0. The number of nitrogens with one attached hydrogen (secondary N) is 1. The topological polar surface area (TPSA) is 12.0 Å². The largest absolute Gasteiger partial charge is 0.379 e. The van der Waals surface area contributed by atoms with Crippen molar-refractivity contribution in [1.29, 1.82) is 0 Å². The summed E-state index contributed by atoms with van der Waals surface area (Å²) >= 11 is 11.9. The number of hydrogen-bond donors (Lipinski definition) is 1. The third kappa shape index (κ3) is 3.18. The van der Waals surface area contributed by atoms with Crippen LogP contribution in [0.3, 0.4) is 0 Å². The van der Waals surface area contributed by atoms with E-state index < -0.39 is 0 Å². The van der Waals surface area contributed by atoms with Crippen LogP contribution < -0.4 is 5.32 Å². The molecule has 1 N–H and O–H groups in total. The van der Waals surface area contributed by atoms with Crippen LogP contribution in [0.1, 0.15) is 24.1 Å². The van der Waals surface area contributed by atoms with Crippen molar-refractivity contribution in [3.05, 3.63) is 63.6 Å². The lowest BCUT2D eigenvalue weighted by atomic mass is 10.1. The molecule has 0 heterocycles. The maximum atomic E-state index is 6.03. The SMILES string of the molecule is Cc1cccc(NC(C)c2ccc(Cl)c(Cl)c2)c1. The van der Waals surface area contributed by atoms with Gasteiger partial charge in [-0.2, -0.15) is 0 Å². The molecule has 0 bridgehead atoms. The minimum atomic E-state index is 0.182. The van der Waals surface area contributed by atoms with Gasteiger partial charge in [0.2, 0.25) is 0 Å². The smallest absolute Gasteiger partial charge is 0.0595 e. The maximum absolute atomic E-state index is 6.03. The van der Waals surface area contributed by atoms with Gasteiger partial charge in [0.1, 0.15) is 0 Å². The monoisotopic (exact) mass is 279 g/mol. The molecule has 0 fully saturated rings. The molecule has 0 aliphatic heterocycles. The van der Waals surface area contributed by atoms with E-state index in [-0.39, 0.29) is 6.04 Å². The van der Waals surface area contributed by atoms with E-state index in [4.69, 9.17) is 23.2 Å². The van der Waals surface area contributed by atoms with Gasteiger partial charge in [-0.1, -0.05) is 41.4 Å². The molecule has 0 amide bonds. The van der Waals surface area contributed by atoms with Crippen molar-refractivity contribution < 1.29 is 0 Å². The third-order valence-corrected chi connectivity index (χ3v) is 3.58. The molecule has 0 aliphatic carbocycles. The first-order valence-electron chi connectivity index (χ1n) is 5.84. The Morgan fingerprint density at radius 2 is 1.78 bits per heavy atom. The van der Waals surface area contributed by atoms with E-state index in [1.807, 2.05) is 24.3 Å². The lowest BCUT2D eigenvalue weighted by molar-refractivity contribution is 0.884. The van der Waals surface area contributed by atoms with Gasteiger partial charge in [0, 0.05) is 11.7 Å². The van der Waals surface area contributed by atoms with Crippen molar-refractivity contribution in [1.82, 2.24) is 0 Å². The second-order valence-corrected chi connectivity index (χ2v) is 5.22. The summed E-state index contributed by atoms with van der Waals surface area (Å²) in [7, 11) is 0. The number of rotatable bonds is 3. The van der Waals surface area contributed by atoms with E-state index in [2.05, 4.69) is 37.4 Å². The van der Waals surface area contributed by atoms with Gasteiger partial charge >= 0.3 is 0 Å². The fourth-order valence-electron chi connectivity index (χ4n) is 1.85. The van der Waals surface area contributed by atoms with E-state index in [1.165, 1.54) is 5.56 Å². The average Bonchev–Trinajstić information content (AvgIpc) is 2.32. The standard InChI is InChI=1S/C15H15Cl2N/c1-10-4-3-5-13(8-10)18-11(2)12-6-7-14(16)15(17)9-12/h3-9,11,18H,1-2H3. The predicted octanol–water partition coefficient (Wildman–Crippen LogP) is 5.47. The first-order chi connectivity index (χ1) is 8.56. The molecule has 0 aromatic heterocycles. The van der Waals surface area contributed by atoms with Crippen LogP contribution in [0.4, 0.5) is 5.69 Å². The molecular weight excluding hydrogens is 265 g/mol. The summed E-state index contributed by atoms with van der Waals surface area (Å²) < 4.78 is 0. The maximum Gasteiger partial charge on any atom is 0.0595 e. The van der Waals surface area contributed by atoms with Crippen LogP contribution >= 0.6 is 23.2 Å². The van der Waals surface area contributed by atoms with Crippen LogP contribution in [0, 0.1) is 6.92 Å². The average molecular weight is 280 g/mol. The molecule has 2 aromatic carbocycles. The van der Waals surface area contributed by atoms with E-state index in [0.29, 0.717) is 10.0 Å². The first kappa shape index (κ1) is 13.3. The lowest BCUT2D eigenvalue weighted by Gasteiger charge is -2.16. The van der Waals surface area contributed by atoms with Crippen molar-refractivity contribution in [3.63, 3.8) is 0 Å². The Morgan fingerprint density at radius 1 is 1.00 bits per heavy atom. The Morgan fingerprint density at radius 3 is 2.44 bits per heavy atom. The highest BCUT2D eigenvalue weighted by atomic mass is 35.5. The van der Waals surface area contributed by atoms with E-state index >= 15 is 0 Å². The predicted molar refractivity (Wildman–Crippen MR) is 79.7 cm³/mol. The van der Waals surface area contributed by atoms with Gasteiger partial charge in [-0.25, -0.2) is 0 Å². The van der Waals surface area contributed by atoms with Crippen LogP contribution in [-0.2, 0) is 0 Å². The highest BCUT2D eigenvalue weighted by Gasteiger charge is 2.07. The highest BCUT2D eigenvalue weighted by Crippen LogP contribution is 2.27. The van der Waals surface area contributed by atoms with Crippen molar-refractivity contribution in [2.75, 3.05) is 5.32 Å². The van der Waals surface area contributed by atoms with Gasteiger partial charge in [-0.15, -0.1) is 0 Å². The van der Waals surface area contributed by atoms with Gasteiger partial charge in [0.15, 0.2) is 0 Å². The number of anilines is 1. The van der Waals surface area contributed by atoms with Gasteiger partial charge < -0.3 is 5.32 Å². The summed E-state index contributed by atoms with van der Waals surface area (Å²) in [6, 6.07) is 14.2. The van der Waals surface area contributed by atoms with Gasteiger partial charge in [0.05, 0.1) is 10.0 Å². The molecule has 1 unspecified atom stereocenters. The molecule has 18 heavy (non-hydrogen) atoms.